The average Bonchev–Trinajstić information content (AvgIpc) is 2.48. The number of aliphatic hydroxyl groups excluding tert-OH is 1. The van der Waals surface area contributed by atoms with Gasteiger partial charge in [0.15, 0.2) is 0 Å². The van der Waals surface area contributed by atoms with Gasteiger partial charge in [0.1, 0.15) is 5.75 Å². The summed E-state index contributed by atoms with van der Waals surface area (Å²) in [4.78, 5) is 2.18. The van der Waals surface area contributed by atoms with Gasteiger partial charge in [-0.1, -0.05) is 25.5 Å². The van der Waals surface area contributed by atoms with Crippen molar-refractivity contribution in [1.29, 1.82) is 0 Å². The summed E-state index contributed by atoms with van der Waals surface area (Å²) in [6.07, 6.45) is 1.67. The zero-order valence-electron chi connectivity index (χ0n) is 12.8. The summed E-state index contributed by atoms with van der Waals surface area (Å²) in [6, 6.07) is 6.13. The van der Waals surface area contributed by atoms with E-state index in [1.165, 1.54) is 12.1 Å². The van der Waals surface area contributed by atoms with Crippen LogP contribution in [0, 0.1) is 0 Å². The largest absolute Gasteiger partial charge is 0.435 e. The molecule has 124 valence electrons. The molecule has 0 bridgehead atoms. The topological polar surface area (TPSA) is 41.9 Å². The van der Waals surface area contributed by atoms with Gasteiger partial charge >= 0.3 is 6.61 Å². The first-order valence-electron chi connectivity index (χ1n) is 7.65. The molecule has 0 aliphatic carbocycles. The molecule has 0 aromatic heterocycles. The Hall–Kier alpha value is -1.24. The average molecular weight is 315 g/mol. The molecule has 2 atom stereocenters. The third-order valence-electron chi connectivity index (χ3n) is 3.75. The Bertz CT molecular complexity index is 440. The van der Waals surface area contributed by atoms with E-state index in [-0.39, 0.29) is 11.9 Å². The van der Waals surface area contributed by atoms with E-state index in [1.54, 1.807) is 12.1 Å². The Kier molecular flexibility index (Phi) is 6.54. The molecule has 2 rings (SSSR count). The minimum Gasteiger partial charge on any atom is -0.435 e. The second kappa shape index (κ2) is 8.41. The molecule has 0 radical (unpaired) electrons. The predicted octanol–water partition coefficient (Wildman–Crippen LogP) is 2.82. The Morgan fingerprint density at radius 1 is 1.36 bits per heavy atom. The van der Waals surface area contributed by atoms with Crippen molar-refractivity contribution < 1.29 is 23.4 Å². The molecule has 1 aliphatic rings. The highest BCUT2D eigenvalue weighted by Gasteiger charge is 2.22. The number of hydrogen-bond acceptors (Lipinski definition) is 4. The lowest BCUT2D eigenvalue weighted by Gasteiger charge is -2.34. The molecule has 6 heteroatoms. The third kappa shape index (κ3) is 5.19. The molecule has 1 aromatic rings. The number of alkyl halides is 2. The van der Waals surface area contributed by atoms with Crippen LogP contribution in [0.2, 0.25) is 0 Å². The number of rotatable bonds is 7. The summed E-state index contributed by atoms with van der Waals surface area (Å²) in [7, 11) is 0. The molecule has 1 fully saturated rings. The Labute approximate surface area is 129 Å². The van der Waals surface area contributed by atoms with Gasteiger partial charge in [-0.05, 0) is 24.1 Å². The van der Waals surface area contributed by atoms with Crippen LogP contribution in [0.15, 0.2) is 24.3 Å². The van der Waals surface area contributed by atoms with Crippen molar-refractivity contribution in [3.05, 3.63) is 29.8 Å². The van der Waals surface area contributed by atoms with Gasteiger partial charge < -0.3 is 14.6 Å². The highest BCUT2D eigenvalue weighted by Crippen LogP contribution is 2.21. The van der Waals surface area contributed by atoms with E-state index < -0.39 is 12.7 Å². The minimum absolute atomic E-state index is 0.0975. The van der Waals surface area contributed by atoms with Crippen molar-refractivity contribution in [3.63, 3.8) is 0 Å². The van der Waals surface area contributed by atoms with Crippen molar-refractivity contribution in [2.24, 2.45) is 0 Å². The molecule has 4 nitrogen and oxygen atoms in total. The number of nitrogens with zero attached hydrogens (tertiary/aromatic N) is 1. The smallest absolute Gasteiger partial charge is 0.387 e. The van der Waals surface area contributed by atoms with E-state index >= 15 is 0 Å². The maximum atomic E-state index is 12.1. The standard InChI is InChI=1S/C16H23F2NO3/c1-2-3-14-10-19(8-9-21-14)11-15(20)12-4-6-13(7-5-12)22-16(17)18/h4-7,14-16,20H,2-3,8-11H2,1H3. The molecular weight excluding hydrogens is 292 g/mol. The Morgan fingerprint density at radius 3 is 2.73 bits per heavy atom. The summed E-state index contributed by atoms with van der Waals surface area (Å²) >= 11 is 0. The lowest BCUT2D eigenvalue weighted by molar-refractivity contribution is -0.0499. The lowest BCUT2D eigenvalue weighted by Crippen LogP contribution is -2.44. The highest BCUT2D eigenvalue weighted by molar-refractivity contribution is 5.28. The number of β-amino-alcohol motifs (C(OH)–C–C–N with tert-alkyl or cyclic N) is 1. The first-order valence-corrected chi connectivity index (χ1v) is 7.65. The van der Waals surface area contributed by atoms with Gasteiger partial charge in [0, 0.05) is 19.6 Å². The minimum atomic E-state index is -2.83. The maximum Gasteiger partial charge on any atom is 0.387 e. The molecule has 1 saturated heterocycles. The highest BCUT2D eigenvalue weighted by atomic mass is 19.3. The molecular formula is C16H23F2NO3. The molecule has 1 aliphatic heterocycles. The maximum absolute atomic E-state index is 12.1. The summed E-state index contributed by atoms with van der Waals surface area (Å²) in [5.41, 5.74) is 0.695. The van der Waals surface area contributed by atoms with Gasteiger partial charge in [-0.2, -0.15) is 8.78 Å². The zero-order chi connectivity index (χ0) is 15.9. The molecule has 1 N–H and O–H groups in total. The first kappa shape index (κ1) is 17.1. The predicted molar refractivity (Wildman–Crippen MR) is 79.1 cm³/mol. The van der Waals surface area contributed by atoms with Crippen LogP contribution in [-0.4, -0.2) is 49.0 Å². The van der Waals surface area contributed by atoms with Gasteiger partial charge in [0.2, 0.25) is 0 Å². The Balaban J connectivity index is 1.87. The summed E-state index contributed by atoms with van der Waals surface area (Å²) in [6.45, 7) is 2.10. The number of halogens is 2. The molecule has 0 saturated carbocycles. The summed E-state index contributed by atoms with van der Waals surface area (Å²) in [5.74, 6) is 0.0975. The molecule has 0 amide bonds. The second-order valence-corrected chi connectivity index (χ2v) is 5.50. The van der Waals surface area contributed by atoms with Crippen molar-refractivity contribution in [2.45, 2.75) is 38.6 Å². The van der Waals surface area contributed by atoms with E-state index in [0.29, 0.717) is 18.7 Å². The van der Waals surface area contributed by atoms with Crippen LogP contribution in [0.25, 0.3) is 0 Å². The van der Waals surface area contributed by atoms with Crippen LogP contribution in [0.4, 0.5) is 8.78 Å². The van der Waals surface area contributed by atoms with Crippen molar-refractivity contribution in [1.82, 2.24) is 4.90 Å². The number of aliphatic hydroxyl groups is 1. The molecule has 1 heterocycles. The SMILES string of the molecule is CCCC1CN(CC(O)c2ccc(OC(F)F)cc2)CCO1. The van der Waals surface area contributed by atoms with Crippen molar-refractivity contribution >= 4 is 0 Å². The molecule has 2 unspecified atom stereocenters. The van der Waals surface area contributed by atoms with Crippen LogP contribution in [0.3, 0.4) is 0 Å². The van der Waals surface area contributed by atoms with Gasteiger partial charge in [-0.15, -0.1) is 0 Å². The van der Waals surface area contributed by atoms with Crippen molar-refractivity contribution in [2.75, 3.05) is 26.2 Å². The fraction of sp³-hybridized carbons (Fsp3) is 0.625. The zero-order valence-corrected chi connectivity index (χ0v) is 12.8. The fourth-order valence-corrected chi connectivity index (χ4v) is 2.66. The van der Waals surface area contributed by atoms with Crippen LogP contribution in [-0.2, 0) is 4.74 Å². The lowest BCUT2D eigenvalue weighted by atomic mass is 10.1. The fourth-order valence-electron chi connectivity index (χ4n) is 2.66. The first-order chi connectivity index (χ1) is 10.6. The van der Waals surface area contributed by atoms with E-state index in [4.69, 9.17) is 4.74 Å². The monoisotopic (exact) mass is 315 g/mol. The number of morpholine rings is 1. The van der Waals surface area contributed by atoms with Crippen molar-refractivity contribution in [3.8, 4) is 5.75 Å². The quantitative estimate of drug-likeness (QED) is 0.840. The van der Waals surface area contributed by atoms with Crippen LogP contribution < -0.4 is 4.74 Å². The van der Waals surface area contributed by atoms with Crippen LogP contribution in [0.1, 0.15) is 31.4 Å². The number of hydrogen-bond donors (Lipinski definition) is 1. The molecule has 22 heavy (non-hydrogen) atoms. The molecule has 0 spiro atoms. The number of ether oxygens (including phenoxy) is 2. The van der Waals surface area contributed by atoms with Gasteiger partial charge in [0.05, 0.1) is 18.8 Å². The van der Waals surface area contributed by atoms with Crippen LogP contribution >= 0.6 is 0 Å². The number of benzene rings is 1. The van der Waals surface area contributed by atoms with Gasteiger partial charge in [0.25, 0.3) is 0 Å². The third-order valence-corrected chi connectivity index (χ3v) is 3.75. The van der Waals surface area contributed by atoms with E-state index in [9.17, 15) is 13.9 Å². The Morgan fingerprint density at radius 2 is 2.09 bits per heavy atom. The van der Waals surface area contributed by atoms with Gasteiger partial charge in [-0.25, -0.2) is 0 Å². The summed E-state index contributed by atoms with van der Waals surface area (Å²) in [5, 5.41) is 10.3. The van der Waals surface area contributed by atoms with E-state index in [0.717, 1.165) is 25.9 Å². The normalized spacial score (nSPS) is 21.0. The molecule has 1 aromatic carbocycles. The van der Waals surface area contributed by atoms with Crippen LogP contribution in [0.5, 0.6) is 5.75 Å². The summed E-state index contributed by atoms with van der Waals surface area (Å²) < 4.78 is 34.2. The van der Waals surface area contributed by atoms with Gasteiger partial charge in [-0.3, -0.25) is 4.90 Å². The van der Waals surface area contributed by atoms with E-state index in [1.807, 2.05) is 0 Å². The van der Waals surface area contributed by atoms with E-state index in [2.05, 4.69) is 16.6 Å². The second-order valence-electron chi connectivity index (χ2n) is 5.50.